The Hall–Kier alpha value is -1.59. The van der Waals surface area contributed by atoms with Gasteiger partial charge in [-0.05, 0) is 42.8 Å². The minimum atomic E-state index is -0.394. The smallest absolute Gasteiger partial charge is 0.264 e. The average Bonchev–Trinajstić information content (AvgIpc) is 3.02. The molecule has 0 aliphatic heterocycles. The monoisotopic (exact) mass is 276 g/mol. The number of hydrogen-bond donors (Lipinski definition) is 2. The molecule has 1 saturated carbocycles. The summed E-state index contributed by atoms with van der Waals surface area (Å²) in [4.78, 5) is 13.1. The molecule has 0 bridgehead atoms. The van der Waals surface area contributed by atoms with Crippen LogP contribution in [0.3, 0.4) is 0 Å². The third-order valence-corrected chi connectivity index (χ3v) is 4.63. The number of carbonyl (C=O) groups excluding carboxylic acids is 1. The minimum Gasteiger partial charge on any atom is -0.394 e. The van der Waals surface area contributed by atoms with E-state index in [4.69, 9.17) is 0 Å². The number of aromatic nitrogens is 1. The Morgan fingerprint density at radius 2 is 2.16 bits per heavy atom. The molecule has 2 aromatic heterocycles. The van der Waals surface area contributed by atoms with Crippen molar-refractivity contribution in [3.05, 3.63) is 40.8 Å². The quantitative estimate of drug-likeness (QED) is 0.899. The van der Waals surface area contributed by atoms with Gasteiger partial charge in [0.25, 0.3) is 5.91 Å². The third kappa shape index (κ3) is 2.19. The van der Waals surface area contributed by atoms with Crippen molar-refractivity contribution in [3.63, 3.8) is 0 Å². The van der Waals surface area contributed by atoms with Crippen LogP contribution < -0.4 is 5.32 Å². The summed E-state index contributed by atoms with van der Waals surface area (Å²) in [6.07, 6.45) is 6.63. The zero-order chi connectivity index (χ0) is 13.3. The second-order valence-electron chi connectivity index (χ2n) is 4.97. The van der Waals surface area contributed by atoms with Gasteiger partial charge >= 0.3 is 0 Å². The highest BCUT2D eigenvalue weighted by atomic mass is 32.1. The predicted octanol–water partition coefficient (Wildman–Crippen LogP) is 2.18. The van der Waals surface area contributed by atoms with Gasteiger partial charge in [-0.15, -0.1) is 11.3 Å². The van der Waals surface area contributed by atoms with Gasteiger partial charge in [0.05, 0.1) is 17.8 Å². The average molecular weight is 276 g/mol. The van der Waals surface area contributed by atoms with Crippen molar-refractivity contribution >= 4 is 17.2 Å². The molecule has 2 heterocycles. The fraction of sp³-hybridized carbons (Fsp3) is 0.357. The van der Waals surface area contributed by atoms with Gasteiger partial charge < -0.3 is 15.0 Å². The van der Waals surface area contributed by atoms with Crippen LogP contribution in [0.1, 0.15) is 28.9 Å². The Labute approximate surface area is 115 Å². The van der Waals surface area contributed by atoms with Gasteiger partial charge in [-0.2, -0.15) is 0 Å². The first-order valence-electron chi connectivity index (χ1n) is 6.38. The second-order valence-corrected chi connectivity index (χ2v) is 5.89. The normalized spacial score (nSPS) is 16.9. The summed E-state index contributed by atoms with van der Waals surface area (Å²) in [5.41, 5.74) is 0.495. The molecule has 0 radical (unpaired) electrons. The molecule has 1 aliphatic carbocycles. The van der Waals surface area contributed by atoms with Crippen LogP contribution in [0.15, 0.2) is 36.0 Å². The summed E-state index contributed by atoms with van der Waals surface area (Å²) in [6, 6.07) is 5.80. The molecule has 100 valence electrons. The third-order valence-electron chi connectivity index (χ3n) is 3.73. The molecule has 19 heavy (non-hydrogen) atoms. The maximum Gasteiger partial charge on any atom is 0.264 e. The number of rotatable bonds is 4. The second kappa shape index (κ2) is 4.83. The number of nitrogens with zero attached hydrogens (tertiary/aromatic N) is 1. The number of nitrogens with one attached hydrogen (secondary N) is 1. The van der Waals surface area contributed by atoms with Gasteiger partial charge in [-0.25, -0.2) is 0 Å². The zero-order valence-corrected chi connectivity index (χ0v) is 11.3. The number of carbonyl (C=O) groups is 1. The van der Waals surface area contributed by atoms with E-state index in [1.807, 2.05) is 40.5 Å². The summed E-state index contributed by atoms with van der Waals surface area (Å²) >= 11 is 1.43. The minimum absolute atomic E-state index is 0.0168. The van der Waals surface area contributed by atoms with Gasteiger partial charge in [0.2, 0.25) is 0 Å². The first-order valence-corrected chi connectivity index (χ1v) is 7.26. The van der Waals surface area contributed by atoms with Gasteiger partial charge in [0, 0.05) is 12.4 Å². The van der Waals surface area contributed by atoms with Gasteiger partial charge in [0.1, 0.15) is 4.88 Å². The van der Waals surface area contributed by atoms with E-state index >= 15 is 0 Å². The fourth-order valence-corrected chi connectivity index (χ4v) is 3.18. The molecule has 3 rings (SSSR count). The maximum absolute atomic E-state index is 12.4. The molecule has 0 saturated heterocycles. The van der Waals surface area contributed by atoms with Crippen LogP contribution in [-0.2, 0) is 0 Å². The molecule has 0 unspecified atom stereocenters. The van der Waals surface area contributed by atoms with Crippen molar-refractivity contribution in [2.45, 2.75) is 24.8 Å². The molecule has 2 N–H and O–H groups in total. The van der Waals surface area contributed by atoms with Crippen LogP contribution in [0.4, 0.5) is 0 Å². The van der Waals surface area contributed by atoms with E-state index in [2.05, 4.69) is 5.32 Å². The SMILES string of the molecule is O=C(NC1(CO)CCC1)c1sccc1-n1cccc1. The number of thiophene rings is 1. The Balaban J connectivity index is 1.83. The molecule has 1 fully saturated rings. The molecular formula is C14H16N2O2S. The first-order chi connectivity index (χ1) is 9.24. The summed E-state index contributed by atoms with van der Waals surface area (Å²) in [7, 11) is 0. The molecule has 2 aromatic rings. The van der Waals surface area contributed by atoms with Gasteiger partial charge in [-0.3, -0.25) is 4.79 Å². The van der Waals surface area contributed by atoms with Crippen molar-refractivity contribution in [1.29, 1.82) is 0 Å². The van der Waals surface area contributed by atoms with Crippen LogP contribution in [0, 0.1) is 0 Å². The lowest BCUT2D eigenvalue weighted by Gasteiger charge is -2.40. The molecule has 0 spiro atoms. The van der Waals surface area contributed by atoms with Crippen molar-refractivity contribution in [2.75, 3.05) is 6.61 Å². The van der Waals surface area contributed by atoms with Crippen molar-refractivity contribution in [2.24, 2.45) is 0 Å². The highest BCUT2D eigenvalue weighted by Crippen LogP contribution is 2.32. The summed E-state index contributed by atoms with van der Waals surface area (Å²) < 4.78 is 1.93. The molecule has 4 nitrogen and oxygen atoms in total. The van der Waals surface area contributed by atoms with E-state index in [1.54, 1.807) is 0 Å². The van der Waals surface area contributed by atoms with E-state index in [0.29, 0.717) is 4.88 Å². The van der Waals surface area contributed by atoms with Crippen molar-refractivity contribution in [3.8, 4) is 5.69 Å². The summed E-state index contributed by atoms with van der Waals surface area (Å²) in [5.74, 6) is -0.0903. The number of hydrogen-bond acceptors (Lipinski definition) is 3. The summed E-state index contributed by atoms with van der Waals surface area (Å²) in [6.45, 7) is 0.0168. The Bertz CT molecular complexity index is 565. The topological polar surface area (TPSA) is 54.3 Å². The Kier molecular flexibility index (Phi) is 3.16. The Morgan fingerprint density at radius 1 is 1.42 bits per heavy atom. The van der Waals surface area contributed by atoms with Crippen LogP contribution in [0.25, 0.3) is 5.69 Å². The lowest BCUT2D eigenvalue weighted by atomic mass is 9.77. The largest absolute Gasteiger partial charge is 0.394 e. The molecular weight excluding hydrogens is 260 g/mol. The van der Waals surface area contributed by atoms with Crippen LogP contribution in [-0.4, -0.2) is 27.7 Å². The number of aliphatic hydroxyl groups is 1. The highest BCUT2D eigenvalue weighted by Gasteiger charge is 2.38. The lowest BCUT2D eigenvalue weighted by Crippen LogP contribution is -2.56. The molecule has 1 aliphatic rings. The van der Waals surface area contributed by atoms with Crippen molar-refractivity contribution < 1.29 is 9.90 Å². The van der Waals surface area contributed by atoms with Crippen LogP contribution >= 0.6 is 11.3 Å². The van der Waals surface area contributed by atoms with Gasteiger partial charge in [0.15, 0.2) is 0 Å². The molecule has 0 atom stereocenters. The number of aliphatic hydroxyl groups excluding tert-OH is 1. The van der Waals surface area contributed by atoms with E-state index < -0.39 is 5.54 Å². The lowest BCUT2D eigenvalue weighted by molar-refractivity contribution is 0.0645. The van der Waals surface area contributed by atoms with E-state index in [1.165, 1.54) is 11.3 Å². The Morgan fingerprint density at radius 3 is 2.74 bits per heavy atom. The molecule has 0 aromatic carbocycles. The first kappa shape index (κ1) is 12.4. The summed E-state index contributed by atoms with van der Waals surface area (Å²) in [5, 5.41) is 14.3. The number of amides is 1. The maximum atomic E-state index is 12.4. The van der Waals surface area contributed by atoms with E-state index in [0.717, 1.165) is 24.9 Å². The standard InChI is InChI=1S/C14H16N2O2S/c17-10-14(5-3-6-14)15-13(18)12-11(4-9-19-12)16-7-1-2-8-16/h1-2,4,7-9,17H,3,5-6,10H2,(H,15,18). The molecule has 5 heteroatoms. The fourth-order valence-electron chi connectivity index (χ4n) is 2.39. The predicted molar refractivity (Wildman–Crippen MR) is 74.8 cm³/mol. The zero-order valence-electron chi connectivity index (χ0n) is 10.5. The van der Waals surface area contributed by atoms with E-state index in [9.17, 15) is 9.90 Å². The highest BCUT2D eigenvalue weighted by molar-refractivity contribution is 7.12. The van der Waals surface area contributed by atoms with Crippen LogP contribution in [0.2, 0.25) is 0 Å². The van der Waals surface area contributed by atoms with Gasteiger partial charge in [-0.1, -0.05) is 0 Å². The van der Waals surface area contributed by atoms with Crippen LogP contribution in [0.5, 0.6) is 0 Å². The molecule has 1 amide bonds. The van der Waals surface area contributed by atoms with Crippen molar-refractivity contribution in [1.82, 2.24) is 9.88 Å². The van der Waals surface area contributed by atoms with E-state index in [-0.39, 0.29) is 12.5 Å².